The van der Waals surface area contributed by atoms with Crippen LogP contribution in [-0.4, -0.2) is 24.0 Å². The minimum Gasteiger partial charge on any atom is -0.352 e. The zero-order valence-corrected chi connectivity index (χ0v) is 9.52. The highest BCUT2D eigenvalue weighted by atomic mass is 16.2. The number of carbonyl (C=O) groups excluding carboxylic acids is 1. The van der Waals surface area contributed by atoms with Gasteiger partial charge in [0.1, 0.15) is 0 Å². The van der Waals surface area contributed by atoms with Crippen LogP contribution >= 0.6 is 0 Å². The molecule has 2 atom stereocenters. The van der Waals surface area contributed by atoms with Gasteiger partial charge in [0.25, 0.3) is 0 Å². The van der Waals surface area contributed by atoms with Crippen molar-refractivity contribution in [2.24, 2.45) is 0 Å². The van der Waals surface area contributed by atoms with Crippen LogP contribution in [0.4, 0.5) is 0 Å². The van der Waals surface area contributed by atoms with Crippen LogP contribution in [0, 0.1) is 0 Å². The van der Waals surface area contributed by atoms with Gasteiger partial charge in [-0.1, -0.05) is 6.92 Å². The van der Waals surface area contributed by atoms with Crippen LogP contribution in [0.2, 0.25) is 0 Å². The molecule has 0 bridgehead atoms. The maximum atomic E-state index is 11.9. The number of amides is 1. The third-order valence-corrected chi connectivity index (χ3v) is 3.11. The van der Waals surface area contributed by atoms with Crippen LogP contribution < -0.4 is 10.6 Å². The van der Waals surface area contributed by atoms with E-state index in [9.17, 15) is 4.79 Å². The lowest BCUT2D eigenvalue weighted by atomic mass is 9.90. The number of hydrogen-bond donors (Lipinski definition) is 2. The van der Waals surface area contributed by atoms with Gasteiger partial charge in [-0.25, -0.2) is 0 Å². The maximum Gasteiger partial charge on any atom is 0.240 e. The summed E-state index contributed by atoms with van der Waals surface area (Å²) < 4.78 is 0. The topological polar surface area (TPSA) is 41.1 Å². The molecule has 0 spiro atoms. The highest BCUT2D eigenvalue weighted by molar-refractivity contribution is 5.86. The van der Waals surface area contributed by atoms with E-state index in [1.807, 2.05) is 13.8 Å². The summed E-state index contributed by atoms with van der Waals surface area (Å²) in [5, 5.41) is 6.35. The Kier molecular flexibility index (Phi) is 3.93. The number of hydrogen-bond acceptors (Lipinski definition) is 2. The molecule has 0 aromatic rings. The molecular weight excluding hydrogens is 176 g/mol. The van der Waals surface area contributed by atoms with E-state index < -0.39 is 0 Å². The fourth-order valence-corrected chi connectivity index (χ4v) is 1.74. The summed E-state index contributed by atoms with van der Waals surface area (Å²) in [4.78, 5) is 11.9. The van der Waals surface area contributed by atoms with Crippen molar-refractivity contribution in [3.8, 4) is 0 Å². The van der Waals surface area contributed by atoms with Gasteiger partial charge in [0.05, 0.1) is 5.54 Å². The Labute approximate surface area is 86.6 Å². The van der Waals surface area contributed by atoms with Gasteiger partial charge in [0, 0.05) is 6.04 Å². The molecule has 0 aromatic carbocycles. The first kappa shape index (κ1) is 11.5. The maximum absolute atomic E-state index is 11.9. The lowest BCUT2D eigenvalue weighted by Gasteiger charge is -2.34. The minimum absolute atomic E-state index is 0.159. The Balaban J connectivity index is 2.49. The Morgan fingerprint density at radius 1 is 1.57 bits per heavy atom. The smallest absolute Gasteiger partial charge is 0.240 e. The normalized spacial score (nSPS) is 29.6. The van der Waals surface area contributed by atoms with Crippen LogP contribution in [-0.2, 0) is 4.79 Å². The van der Waals surface area contributed by atoms with Crippen molar-refractivity contribution in [3.63, 3.8) is 0 Å². The molecule has 82 valence electrons. The summed E-state index contributed by atoms with van der Waals surface area (Å²) in [6, 6.07) is 0.281. The molecule has 3 heteroatoms. The van der Waals surface area contributed by atoms with E-state index >= 15 is 0 Å². The van der Waals surface area contributed by atoms with Crippen LogP contribution in [0.3, 0.4) is 0 Å². The van der Waals surface area contributed by atoms with Gasteiger partial charge in [-0.15, -0.1) is 0 Å². The van der Waals surface area contributed by atoms with E-state index in [2.05, 4.69) is 17.6 Å². The second-order valence-corrected chi connectivity index (χ2v) is 4.50. The molecule has 0 aliphatic carbocycles. The summed E-state index contributed by atoms with van der Waals surface area (Å²) in [7, 11) is 0. The lowest BCUT2D eigenvalue weighted by molar-refractivity contribution is -0.128. The molecule has 3 nitrogen and oxygen atoms in total. The third-order valence-electron chi connectivity index (χ3n) is 3.11. The molecule has 1 heterocycles. The molecule has 0 radical (unpaired) electrons. The molecule has 2 unspecified atom stereocenters. The van der Waals surface area contributed by atoms with Crippen molar-refractivity contribution in [3.05, 3.63) is 0 Å². The summed E-state index contributed by atoms with van der Waals surface area (Å²) in [6.45, 7) is 7.10. The van der Waals surface area contributed by atoms with Crippen LogP contribution in [0.1, 0.15) is 46.5 Å². The van der Waals surface area contributed by atoms with Gasteiger partial charge < -0.3 is 10.6 Å². The van der Waals surface area contributed by atoms with Crippen LogP contribution in [0.25, 0.3) is 0 Å². The number of piperidine rings is 1. The standard InChI is InChI=1S/C11H22N2O/c1-4-9(2)13-10(14)11(3)7-5-6-8-12-11/h9,12H,4-8H2,1-3H3,(H,13,14). The van der Waals surface area contributed by atoms with Crippen molar-refractivity contribution in [2.45, 2.75) is 58.0 Å². The minimum atomic E-state index is -0.332. The first-order valence-electron chi connectivity index (χ1n) is 5.64. The zero-order chi connectivity index (χ0) is 10.6. The van der Waals surface area contributed by atoms with E-state index in [1.165, 1.54) is 6.42 Å². The average Bonchev–Trinajstić information content (AvgIpc) is 2.18. The summed E-state index contributed by atoms with van der Waals surface area (Å²) in [6.07, 6.45) is 4.28. The predicted octanol–water partition coefficient (Wildman–Crippen LogP) is 1.43. The average molecular weight is 198 g/mol. The van der Waals surface area contributed by atoms with Crippen molar-refractivity contribution in [1.82, 2.24) is 10.6 Å². The number of rotatable bonds is 3. The van der Waals surface area contributed by atoms with Gasteiger partial charge in [-0.3, -0.25) is 4.79 Å². The Bertz CT molecular complexity index is 197. The van der Waals surface area contributed by atoms with Gasteiger partial charge in [0.2, 0.25) is 5.91 Å². The predicted molar refractivity (Wildman–Crippen MR) is 58.2 cm³/mol. The third kappa shape index (κ3) is 2.71. The van der Waals surface area contributed by atoms with Gasteiger partial charge in [-0.05, 0) is 46.1 Å². The molecule has 0 saturated carbocycles. The van der Waals surface area contributed by atoms with E-state index in [0.717, 1.165) is 25.8 Å². The van der Waals surface area contributed by atoms with E-state index in [1.54, 1.807) is 0 Å². The first-order valence-corrected chi connectivity index (χ1v) is 5.64. The summed E-state index contributed by atoms with van der Waals surface area (Å²) >= 11 is 0. The van der Waals surface area contributed by atoms with Crippen molar-refractivity contribution >= 4 is 5.91 Å². The molecule has 14 heavy (non-hydrogen) atoms. The molecule has 1 amide bonds. The van der Waals surface area contributed by atoms with Crippen LogP contribution in [0.5, 0.6) is 0 Å². The van der Waals surface area contributed by atoms with Crippen molar-refractivity contribution in [1.29, 1.82) is 0 Å². The Morgan fingerprint density at radius 2 is 2.29 bits per heavy atom. The van der Waals surface area contributed by atoms with Crippen molar-refractivity contribution in [2.75, 3.05) is 6.54 Å². The number of carbonyl (C=O) groups is 1. The number of nitrogens with one attached hydrogen (secondary N) is 2. The first-order chi connectivity index (χ1) is 6.58. The Morgan fingerprint density at radius 3 is 2.79 bits per heavy atom. The van der Waals surface area contributed by atoms with Gasteiger partial charge in [0.15, 0.2) is 0 Å². The Hall–Kier alpha value is -0.570. The van der Waals surface area contributed by atoms with Gasteiger partial charge in [-0.2, -0.15) is 0 Å². The fourth-order valence-electron chi connectivity index (χ4n) is 1.74. The molecule has 1 fully saturated rings. The van der Waals surface area contributed by atoms with E-state index in [-0.39, 0.29) is 17.5 Å². The largest absolute Gasteiger partial charge is 0.352 e. The SMILES string of the molecule is CCC(C)NC(=O)C1(C)CCCCN1. The molecule has 0 aromatic heterocycles. The monoisotopic (exact) mass is 198 g/mol. The molecule has 1 aliphatic heterocycles. The molecule has 2 N–H and O–H groups in total. The lowest BCUT2D eigenvalue weighted by Crippen LogP contribution is -2.58. The van der Waals surface area contributed by atoms with Crippen molar-refractivity contribution < 1.29 is 4.79 Å². The molecule has 1 aliphatic rings. The van der Waals surface area contributed by atoms with Gasteiger partial charge >= 0.3 is 0 Å². The van der Waals surface area contributed by atoms with E-state index in [4.69, 9.17) is 0 Å². The quantitative estimate of drug-likeness (QED) is 0.720. The fraction of sp³-hybridized carbons (Fsp3) is 0.909. The van der Waals surface area contributed by atoms with Crippen LogP contribution in [0.15, 0.2) is 0 Å². The highest BCUT2D eigenvalue weighted by Gasteiger charge is 2.34. The molecular formula is C11H22N2O. The molecule has 1 saturated heterocycles. The summed E-state index contributed by atoms with van der Waals surface area (Å²) in [5.41, 5.74) is -0.332. The second kappa shape index (κ2) is 4.78. The second-order valence-electron chi connectivity index (χ2n) is 4.50. The highest BCUT2D eigenvalue weighted by Crippen LogP contribution is 2.18. The molecule has 1 rings (SSSR count). The summed E-state index contributed by atoms with van der Waals surface area (Å²) in [5.74, 6) is 0.159. The zero-order valence-electron chi connectivity index (χ0n) is 9.52. The van der Waals surface area contributed by atoms with E-state index in [0.29, 0.717) is 0 Å².